The number of thioether (sulfide) groups is 1. The van der Waals surface area contributed by atoms with Crippen LogP contribution in [0.5, 0.6) is 0 Å². The first-order valence-corrected chi connectivity index (χ1v) is 8.37. The second-order valence-electron chi connectivity index (χ2n) is 4.80. The smallest absolute Gasteiger partial charge is 0.306 e. The predicted molar refractivity (Wildman–Crippen MR) is 82.3 cm³/mol. The van der Waals surface area contributed by atoms with Gasteiger partial charge in [0.25, 0.3) is 0 Å². The van der Waals surface area contributed by atoms with Crippen LogP contribution in [0.1, 0.15) is 23.6 Å². The Morgan fingerprint density at radius 2 is 2.29 bits per heavy atom. The fraction of sp³-hybridized carbons (Fsp3) is 0.286. The number of benzene rings is 1. The zero-order valence-electron chi connectivity index (χ0n) is 11.0. The third-order valence-corrected chi connectivity index (χ3v) is 5.44. The molecule has 1 aliphatic heterocycles. The van der Waals surface area contributed by atoms with Gasteiger partial charge in [0.05, 0.1) is 4.92 Å². The van der Waals surface area contributed by atoms with Crippen molar-refractivity contribution in [2.75, 3.05) is 5.75 Å². The molecule has 1 aliphatic rings. The molecule has 2 heterocycles. The molecule has 1 N–H and O–H groups in total. The van der Waals surface area contributed by atoms with E-state index in [4.69, 9.17) is 0 Å². The molecule has 110 valence electrons. The summed E-state index contributed by atoms with van der Waals surface area (Å²) in [6.07, 6.45) is 0.924. The summed E-state index contributed by atoms with van der Waals surface area (Å²) < 4.78 is 13.4. The van der Waals surface area contributed by atoms with Crippen LogP contribution in [0.25, 0.3) is 0 Å². The summed E-state index contributed by atoms with van der Waals surface area (Å²) in [4.78, 5) is 11.4. The normalized spacial score (nSPS) is 17.5. The molecule has 0 radical (unpaired) electrons. The van der Waals surface area contributed by atoms with Crippen molar-refractivity contribution in [3.05, 3.63) is 56.7 Å². The summed E-state index contributed by atoms with van der Waals surface area (Å²) in [5.74, 6) is 0.759. The van der Waals surface area contributed by atoms with Gasteiger partial charge in [0.15, 0.2) is 0 Å². The van der Waals surface area contributed by atoms with Crippen molar-refractivity contribution in [1.82, 2.24) is 5.32 Å². The van der Waals surface area contributed by atoms with Gasteiger partial charge in [-0.1, -0.05) is 11.3 Å². The van der Waals surface area contributed by atoms with Gasteiger partial charge in [-0.05, 0) is 41.5 Å². The third-order valence-electron chi connectivity index (χ3n) is 3.38. The lowest BCUT2D eigenvalue weighted by atomic mass is 10.0. The lowest BCUT2D eigenvalue weighted by Gasteiger charge is -2.26. The van der Waals surface area contributed by atoms with Gasteiger partial charge >= 0.3 is 5.00 Å². The van der Waals surface area contributed by atoms with E-state index in [1.54, 1.807) is 29.3 Å². The van der Waals surface area contributed by atoms with Crippen molar-refractivity contribution in [3.8, 4) is 0 Å². The van der Waals surface area contributed by atoms with Crippen LogP contribution in [0.4, 0.5) is 9.39 Å². The summed E-state index contributed by atoms with van der Waals surface area (Å²) in [5, 5.41) is 16.0. The molecular formula is C14H13FN2O2S2. The van der Waals surface area contributed by atoms with Crippen LogP contribution in [0.2, 0.25) is 0 Å². The Bertz CT molecular complexity index is 675. The van der Waals surface area contributed by atoms with Crippen molar-refractivity contribution in [1.29, 1.82) is 0 Å². The molecule has 3 rings (SSSR count). The molecule has 0 saturated carbocycles. The van der Waals surface area contributed by atoms with Crippen LogP contribution in [0.15, 0.2) is 34.5 Å². The molecule has 7 heteroatoms. The van der Waals surface area contributed by atoms with Crippen LogP contribution in [-0.4, -0.2) is 10.7 Å². The Morgan fingerprint density at radius 1 is 1.43 bits per heavy atom. The highest BCUT2D eigenvalue weighted by molar-refractivity contribution is 7.99. The molecule has 0 fully saturated rings. The molecule has 1 unspecified atom stereocenters. The fourth-order valence-corrected chi connectivity index (χ4v) is 4.20. The molecular weight excluding hydrogens is 311 g/mol. The van der Waals surface area contributed by atoms with Gasteiger partial charge in [0, 0.05) is 28.9 Å². The topological polar surface area (TPSA) is 55.2 Å². The van der Waals surface area contributed by atoms with Crippen LogP contribution >= 0.6 is 23.1 Å². The minimum Gasteiger partial charge on any atom is -0.306 e. The van der Waals surface area contributed by atoms with Crippen molar-refractivity contribution < 1.29 is 9.31 Å². The molecule has 0 aliphatic carbocycles. The van der Waals surface area contributed by atoms with Gasteiger partial charge in [-0.15, -0.1) is 11.8 Å². The molecule has 21 heavy (non-hydrogen) atoms. The first-order valence-electron chi connectivity index (χ1n) is 6.51. The second-order valence-corrected chi connectivity index (χ2v) is 6.83. The highest BCUT2D eigenvalue weighted by atomic mass is 32.2. The molecule has 1 aromatic carbocycles. The van der Waals surface area contributed by atoms with Crippen molar-refractivity contribution in [3.63, 3.8) is 0 Å². The van der Waals surface area contributed by atoms with E-state index < -0.39 is 0 Å². The zero-order chi connectivity index (χ0) is 14.8. The number of nitrogens with one attached hydrogen (secondary N) is 1. The van der Waals surface area contributed by atoms with E-state index in [1.165, 1.54) is 6.07 Å². The minimum atomic E-state index is -0.379. The Hall–Kier alpha value is -1.44. The largest absolute Gasteiger partial charge is 0.324 e. The number of thiophene rings is 1. The molecule has 1 aromatic heterocycles. The van der Waals surface area contributed by atoms with E-state index in [0.717, 1.165) is 39.5 Å². The summed E-state index contributed by atoms with van der Waals surface area (Å²) in [5.41, 5.74) is 1.87. The van der Waals surface area contributed by atoms with Crippen molar-refractivity contribution in [2.45, 2.75) is 23.9 Å². The fourth-order valence-electron chi connectivity index (χ4n) is 2.37. The maximum absolute atomic E-state index is 13.4. The standard InChI is InChI=1S/C14H13FN2O2S2/c15-10-1-2-13-11(6-10)12(3-4-20-13)16-7-9-5-14(17(18)19)21-8-9/h1-2,5-6,8,12,16H,3-4,7H2. The van der Waals surface area contributed by atoms with Gasteiger partial charge in [-0.25, -0.2) is 4.39 Å². The van der Waals surface area contributed by atoms with E-state index >= 15 is 0 Å². The number of fused-ring (bicyclic) bond motifs is 1. The highest BCUT2D eigenvalue weighted by Crippen LogP contribution is 2.36. The van der Waals surface area contributed by atoms with Crippen LogP contribution in [0, 0.1) is 15.9 Å². The first kappa shape index (κ1) is 14.5. The van der Waals surface area contributed by atoms with Crippen LogP contribution in [-0.2, 0) is 6.54 Å². The summed E-state index contributed by atoms with van der Waals surface area (Å²) in [6, 6.07) is 6.56. The Balaban J connectivity index is 1.71. The van der Waals surface area contributed by atoms with Gasteiger partial charge in [0.2, 0.25) is 0 Å². The first-order chi connectivity index (χ1) is 10.1. The van der Waals surface area contributed by atoms with Gasteiger partial charge in [0.1, 0.15) is 5.82 Å². The number of rotatable bonds is 4. The number of hydrogen-bond donors (Lipinski definition) is 1. The lowest BCUT2D eigenvalue weighted by Crippen LogP contribution is -2.24. The maximum Gasteiger partial charge on any atom is 0.324 e. The quantitative estimate of drug-likeness (QED) is 0.679. The second kappa shape index (κ2) is 6.13. The average molecular weight is 324 g/mol. The van der Waals surface area contributed by atoms with Gasteiger partial charge < -0.3 is 5.32 Å². The van der Waals surface area contributed by atoms with E-state index in [2.05, 4.69) is 5.32 Å². The van der Waals surface area contributed by atoms with Gasteiger partial charge in [-0.3, -0.25) is 10.1 Å². The van der Waals surface area contributed by atoms with Gasteiger partial charge in [-0.2, -0.15) is 0 Å². The Labute approximate surface area is 129 Å². The van der Waals surface area contributed by atoms with E-state index in [9.17, 15) is 14.5 Å². The predicted octanol–water partition coefficient (Wildman–Crippen LogP) is 4.12. The van der Waals surface area contributed by atoms with E-state index in [-0.39, 0.29) is 21.8 Å². The van der Waals surface area contributed by atoms with Crippen LogP contribution in [0.3, 0.4) is 0 Å². The van der Waals surface area contributed by atoms with E-state index in [0.29, 0.717) is 6.54 Å². The highest BCUT2D eigenvalue weighted by Gasteiger charge is 2.21. The summed E-state index contributed by atoms with van der Waals surface area (Å²) >= 11 is 2.87. The SMILES string of the molecule is O=[N+]([O-])c1cc(CNC2CCSc3ccc(F)cc32)cs1. The molecule has 4 nitrogen and oxygen atoms in total. The Kier molecular flexibility index (Phi) is 4.23. The van der Waals surface area contributed by atoms with Crippen molar-refractivity contribution in [2.24, 2.45) is 0 Å². The Morgan fingerprint density at radius 3 is 3.05 bits per heavy atom. The molecule has 0 saturated heterocycles. The number of hydrogen-bond acceptors (Lipinski definition) is 5. The maximum atomic E-state index is 13.4. The summed E-state index contributed by atoms with van der Waals surface area (Å²) in [7, 11) is 0. The lowest BCUT2D eigenvalue weighted by molar-refractivity contribution is -0.380. The number of halogens is 1. The van der Waals surface area contributed by atoms with Crippen molar-refractivity contribution >= 4 is 28.1 Å². The summed E-state index contributed by atoms with van der Waals surface area (Å²) in [6.45, 7) is 0.551. The number of nitrogens with zero attached hydrogens (tertiary/aromatic N) is 1. The molecule has 2 aromatic rings. The third kappa shape index (κ3) is 3.25. The molecule has 0 spiro atoms. The minimum absolute atomic E-state index is 0.0934. The van der Waals surface area contributed by atoms with Crippen LogP contribution < -0.4 is 5.32 Å². The monoisotopic (exact) mass is 324 g/mol. The molecule has 0 amide bonds. The van der Waals surface area contributed by atoms with E-state index in [1.807, 2.05) is 6.07 Å². The number of nitro groups is 1. The zero-order valence-corrected chi connectivity index (χ0v) is 12.7. The molecule has 1 atom stereocenters. The molecule has 0 bridgehead atoms. The average Bonchev–Trinajstić information content (AvgIpc) is 2.94.